The Kier molecular flexibility index (Phi) is 4.81. The molecule has 0 atom stereocenters. The largest absolute Gasteiger partial charge is 0.377 e. The molecule has 0 radical (unpaired) electrons. The monoisotopic (exact) mass is 352 g/mol. The van der Waals surface area contributed by atoms with Gasteiger partial charge in [0.2, 0.25) is 0 Å². The molecule has 0 spiro atoms. The van der Waals surface area contributed by atoms with E-state index in [1.807, 2.05) is 49.3 Å². The Morgan fingerprint density at radius 3 is 2.52 bits per heavy atom. The van der Waals surface area contributed by atoms with E-state index >= 15 is 0 Å². The van der Waals surface area contributed by atoms with E-state index in [9.17, 15) is 4.79 Å². The molecular formula is C19H20N4OS. The molecular weight excluding hydrogens is 332 g/mol. The lowest BCUT2D eigenvalue weighted by molar-refractivity contribution is 0.935. The summed E-state index contributed by atoms with van der Waals surface area (Å²) in [6.07, 6.45) is 4.31. The molecule has 6 heteroatoms. The summed E-state index contributed by atoms with van der Waals surface area (Å²) in [5.74, 6) is 0. The van der Waals surface area contributed by atoms with Gasteiger partial charge >= 0.3 is 0 Å². The maximum absolute atomic E-state index is 12.6. The average molecular weight is 352 g/mol. The summed E-state index contributed by atoms with van der Waals surface area (Å²) in [5.41, 5.74) is 4.13. The van der Waals surface area contributed by atoms with Crippen LogP contribution in [0.5, 0.6) is 0 Å². The molecule has 0 aliphatic rings. The van der Waals surface area contributed by atoms with Gasteiger partial charge < -0.3 is 9.88 Å². The van der Waals surface area contributed by atoms with Crippen LogP contribution in [-0.2, 0) is 6.42 Å². The maximum atomic E-state index is 12.6. The van der Waals surface area contributed by atoms with Crippen molar-refractivity contribution >= 4 is 17.9 Å². The Hall–Kier alpha value is -2.73. The molecule has 3 rings (SSSR count). The predicted molar refractivity (Wildman–Crippen MR) is 104 cm³/mol. The van der Waals surface area contributed by atoms with E-state index in [4.69, 9.17) is 12.2 Å². The molecule has 0 aliphatic carbocycles. The molecule has 0 saturated carbocycles. The van der Waals surface area contributed by atoms with Crippen molar-refractivity contribution in [2.24, 2.45) is 0 Å². The predicted octanol–water partition coefficient (Wildman–Crippen LogP) is 3.59. The Labute approximate surface area is 151 Å². The molecule has 25 heavy (non-hydrogen) atoms. The Morgan fingerprint density at radius 1 is 1.20 bits per heavy atom. The fourth-order valence-electron chi connectivity index (χ4n) is 2.71. The summed E-state index contributed by atoms with van der Waals surface area (Å²) in [7, 11) is 3.87. The molecule has 2 heterocycles. The van der Waals surface area contributed by atoms with Crippen molar-refractivity contribution < 1.29 is 0 Å². The fourth-order valence-corrected chi connectivity index (χ4v) is 2.99. The first-order chi connectivity index (χ1) is 12.0. The smallest absolute Gasteiger partial charge is 0.258 e. The minimum Gasteiger partial charge on any atom is -0.377 e. The highest BCUT2D eigenvalue weighted by molar-refractivity contribution is 7.71. The van der Waals surface area contributed by atoms with Gasteiger partial charge in [-0.3, -0.25) is 9.36 Å². The zero-order valence-corrected chi connectivity index (χ0v) is 15.3. The molecule has 2 aromatic heterocycles. The van der Waals surface area contributed by atoms with Gasteiger partial charge in [0.25, 0.3) is 5.56 Å². The molecule has 128 valence electrons. The standard InChI is InChI=1S/C19H20N4OS/c1-4-13-5-7-14(8-6-13)23-12-21-15(11-17(23)24)18-16(22(2)3)9-10-20-19(18)25/h5-12H,4H2,1-3H3,(H,20,25). The highest BCUT2D eigenvalue weighted by atomic mass is 32.1. The summed E-state index contributed by atoms with van der Waals surface area (Å²) >= 11 is 5.41. The lowest BCUT2D eigenvalue weighted by Crippen LogP contribution is -2.18. The first kappa shape index (κ1) is 17.1. The highest BCUT2D eigenvalue weighted by Gasteiger charge is 2.12. The number of nitrogens with one attached hydrogen (secondary N) is 1. The topological polar surface area (TPSA) is 53.9 Å². The van der Waals surface area contributed by atoms with Crippen molar-refractivity contribution in [1.29, 1.82) is 0 Å². The van der Waals surface area contributed by atoms with Crippen molar-refractivity contribution in [2.45, 2.75) is 13.3 Å². The number of nitrogens with zero attached hydrogens (tertiary/aromatic N) is 3. The second-order valence-electron chi connectivity index (χ2n) is 5.96. The van der Waals surface area contributed by atoms with Crippen LogP contribution in [-0.4, -0.2) is 28.6 Å². The zero-order valence-electron chi connectivity index (χ0n) is 14.5. The van der Waals surface area contributed by atoms with E-state index in [1.165, 1.54) is 16.2 Å². The quantitative estimate of drug-likeness (QED) is 0.729. The number of anilines is 1. The molecule has 0 aliphatic heterocycles. The molecule has 0 unspecified atom stereocenters. The summed E-state index contributed by atoms with van der Waals surface area (Å²) in [6, 6.07) is 11.4. The normalized spacial score (nSPS) is 10.7. The second kappa shape index (κ2) is 7.03. The van der Waals surface area contributed by atoms with Crippen molar-refractivity contribution in [2.75, 3.05) is 19.0 Å². The molecule has 5 nitrogen and oxygen atoms in total. The van der Waals surface area contributed by atoms with Gasteiger partial charge in [-0.1, -0.05) is 31.3 Å². The summed E-state index contributed by atoms with van der Waals surface area (Å²) in [6.45, 7) is 2.10. The fraction of sp³-hybridized carbons (Fsp3) is 0.211. The van der Waals surface area contributed by atoms with Crippen LogP contribution in [0.15, 0.2) is 53.7 Å². The van der Waals surface area contributed by atoms with Gasteiger partial charge in [0.15, 0.2) is 0 Å². The van der Waals surface area contributed by atoms with E-state index < -0.39 is 0 Å². The van der Waals surface area contributed by atoms with Crippen molar-refractivity contribution in [1.82, 2.24) is 14.5 Å². The number of hydrogen-bond donors (Lipinski definition) is 1. The average Bonchev–Trinajstić information content (AvgIpc) is 2.61. The van der Waals surface area contributed by atoms with Crippen molar-refractivity contribution in [3.05, 3.63) is 69.5 Å². The minimum atomic E-state index is -0.141. The highest BCUT2D eigenvalue weighted by Crippen LogP contribution is 2.27. The molecule has 1 aromatic carbocycles. The summed E-state index contributed by atoms with van der Waals surface area (Å²) in [4.78, 5) is 22.1. The van der Waals surface area contributed by atoms with E-state index in [1.54, 1.807) is 12.5 Å². The maximum Gasteiger partial charge on any atom is 0.258 e. The summed E-state index contributed by atoms with van der Waals surface area (Å²) < 4.78 is 2.09. The number of rotatable bonds is 4. The summed E-state index contributed by atoms with van der Waals surface area (Å²) in [5, 5.41) is 0. The van der Waals surface area contributed by atoms with Gasteiger partial charge in [0, 0.05) is 26.4 Å². The van der Waals surface area contributed by atoms with Gasteiger partial charge in [-0.25, -0.2) is 4.98 Å². The Bertz CT molecular complexity index is 1000. The Balaban J connectivity index is 2.09. The van der Waals surface area contributed by atoms with Crippen molar-refractivity contribution in [3.8, 4) is 16.9 Å². The molecule has 3 aromatic rings. The SMILES string of the molecule is CCc1ccc(-n2cnc(-c3c(N(C)C)cc[nH]c3=S)cc2=O)cc1. The number of aryl methyl sites for hydroxylation is 1. The second-order valence-corrected chi connectivity index (χ2v) is 6.37. The zero-order chi connectivity index (χ0) is 18.0. The van der Waals surface area contributed by atoms with Crippen LogP contribution in [0.1, 0.15) is 12.5 Å². The number of aromatic amines is 1. The molecule has 0 amide bonds. The number of pyridine rings is 1. The van der Waals surface area contributed by atoms with Crippen LogP contribution in [0.25, 0.3) is 16.9 Å². The van der Waals surface area contributed by atoms with E-state index in [0.717, 1.165) is 23.4 Å². The minimum absolute atomic E-state index is 0.141. The van der Waals surface area contributed by atoms with Gasteiger partial charge in [-0.2, -0.15) is 0 Å². The molecule has 0 bridgehead atoms. The number of benzene rings is 1. The van der Waals surface area contributed by atoms with Crippen molar-refractivity contribution in [3.63, 3.8) is 0 Å². The van der Waals surface area contributed by atoms with Crippen LogP contribution < -0.4 is 10.5 Å². The first-order valence-electron chi connectivity index (χ1n) is 8.08. The van der Waals surface area contributed by atoms with Gasteiger partial charge in [0.05, 0.1) is 22.6 Å². The third kappa shape index (κ3) is 3.39. The van der Waals surface area contributed by atoms with Gasteiger partial charge in [0.1, 0.15) is 11.0 Å². The third-order valence-corrected chi connectivity index (χ3v) is 4.43. The molecule has 0 saturated heterocycles. The number of hydrogen-bond acceptors (Lipinski definition) is 4. The molecule has 0 fully saturated rings. The van der Waals surface area contributed by atoms with Gasteiger partial charge in [-0.15, -0.1) is 0 Å². The van der Waals surface area contributed by atoms with Crippen LogP contribution in [0.2, 0.25) is 0 Å². The van der Waals surface area contributed by atoms with Crippen LogP contribution in [0, 0.1) is 4.64 Å². The third-order valence-electron chi connectivity index (χ3n) is 4.11. The van der Waals surface area contributed by atoms with Gasteiger partial charge in [-0.05, 0) is 30.2 Å². The van der Waals surface area contributed by atoms with E-state index in [2.05, 4.69) is 16.9 Å². The van der Waals surface area contributed by atoms with E-state index in [0.29, 0.717) is 10.3 Å². The lowest BCUT2D eigenvalue weighted by atomic mass is 10.1. The lowest BCUT2D eigenvalue weighted by Gasteiger charge is -2.17. The molecule has 1 N–H and O–H groups in total. The number of aromatic nitrogens is 3. The van der Waals surface area contributed by atoms with E-state index in [-0.39, 0.29) is 5.56 Å². The first-order valence-corrected chi connectivity index (χ1v) is 8.49. The van der Waals surface area contributed by atoms with Crippen LogP contribution in [0.4, 0.5) is 5.69 Å². The van der Waals surface area contributed by atoms with Crippen LogP contribution in [0.3, 0.4) is 0 Å². The van der Waals surface area contributed by atoms with Crippen LogP contribution >= 0.6 is 12.2 Å². The number of H-pyrrole nitrogens is 1. The Morgan fingerprint density at radius 2 is 1.92 bits per heavy atom.